The van der Waals surface area contributed by atoms with Crippen molar-refractivity contribution in [3.8, 4) is 0 Å². The van der Waals surface area contributed by atoms with E-state index in [1.165, 1.54) is 13.8 Å². The van der Waals surface area contributed by atoms with E-state index in [9.17, 15) is 76.0 Å². The van der Waals surface area contributed by atoms with Crippen molar-refractivity contribution in [1.82, 2.24) is 0 Å². The molecule has 450 valence electrons. The van der Waals surface area contributed by atoms with E-state index in [1.807, 2.05) is 6.92 Å². The van der Waals surface area contributed by atoms with Crippen LogP contribution in [0.15, 0.2) is 11.6 Å². The number of allylic oxidation sites excluding steroid dienone is 2. The first-order chi connectivity index (χ1) is 36.8. The van der Waals surface area contributed by atoms with Gasteiger partial charge in [-0.15, -0.1) is 0 Å². The van der Waals surface area contributed by atoms with Gasteiger partial charge in [-0.25, -0.2) is 0 Å². The molecule has 0 radical (unpaired) electrons. The molecule has 9 aliphatic rings. The SMILES string of the molecule is CC(=O)OC1C(C)OC(OC2C(OC(=O)C34CCC(C)(C)CC3C3=CCC5C6(C)CC(O)C(OC7OC(CO)C(O)C(O)C7O)C(C)(C(=O)O)C6CCC5(C)C3(C)CC4O)OCC(O)C2O)C(O)C1OC1OCC(O)(CO)C1O. The van der Waals surface area contributed by atoms with Crippen LogP contribution < -0.4 is 0 Å². The van der Waals surface area contributed by atoms with Crippen molar-refractivity contribution in [2.45, 2.75) is 229 Å². The fraction of sp³-hybridized carbons (Fsp3) is 0.907. The van der Waals surface area contributed by atoms with E-state index in [-0.39, 0.29) is 30.6 Å². The van der Waals surface area contributed by atoms with Gasteiger partial charge in [-0.3, -0.25) is 14.4 Å². The number of hydrogen-bond donors (Lipinski definition) is 13. The molecule has 4 heterocycles. The number of aliphatic hydroxyl groups is 12. The Morgan fingerprint density at radius 3 is 2.00 bits per heavy atom. The standard InChI is InChI=1S/C54H84O25/c1-22-37(74-23(2)57)38(76-45-40(66)53(70,20-56)21-72-45)36(65)43(73-22)77-39-32(61)27(59)19-71-44(39)79-47(69)54-14-13-48(3,4)15-25(54)24-9-10-29-49(5)16-26(58)41(78-42-35(64)34(63)33(62)28(18-55)75-42)52(8,46(67)68)30(49)11-12-50(29,6)51(24,7)17-31(54)60/h9,22,25-45,55-56,58-66,70H,10-21H2,1-8H3,(H,67,68). The lowest BCUT2D eigenvalue weighted by Crippen LogP contribution is -2.71. The minimum Gasteiger partial charge on any atom is -0.481 e. The summed E-state index contributed by atoms with van der Waals surface area (Å²) in [6, 6.07) is 0. The second-order valence-corrected chi connectivity index (χ2v) is 26.1. The van der Waals surface area contributed by atoms with Crippen molar-refractivity contribution in [3.63, 3.8) is 0 Å². The highest BCUT2D eigenvalue weighted by Crippen LogP contribution is 2.76. The maximum absolute atomic E-state index is 15.4. The van der Waals surface area contributed by atoms with Gasteiger partial charge >= 0.3 is 17.9 Å². The van der Waals surface area contributed by atoms with Crippen LogP contribution in [0.25, 0.3) is 0 Å². The first kappa shape index (κ1) is 61.0. The summed E-state index contributed by atoms with van der Waals surface area (Å²) in [6.45, 7) is 11.7. The molecule has 8 fully saturated rings. The van der Waals surface area contributed by atoms with Gasteiger partial charge in [0.15, 0.2) is 31.1 Å². The third kappa shape index (κ3) is 9.63. The maximum Gasteiger partial charge on any atom is 0.317 e. The number of rotatable bonds is 12. The van der Waals surface area contributed by atoms with E-state index in [0.717, 1.165) is 12.5 Å². The van der Waals surface area contributed by atoms with E-state index in [0.29, 0.717) is 32.1 Å². The average molecular weight is 1130 g/mol. The van der Waals surface area contributed by atoms with Crippen LogP contribution in [0.3, 0.4) is 0 Å². The van der Waals surface area contributed by atoms with Gasteiger partial charge in [0.2, 0.25) is 6.29 Å². The van der Waals surface area contributed by atoms with Crippen molar-refractivity contribution in [1.29, 1.82) is 0 Å². The van der Waals surface area contributed by atoms with Gasteiger partial charge < -0.3 is 109 Å². The minimum atomic E-state index is -2.13. The van der Waals surface area contributed by atoms with Crippen molar-refractivity contribution < 1.29 is 123 Å². The first-order valence-electron chi connectivity index (χ1n) is 27.7. The van der Waals surface area contributed by atoms with Crippen LogP contribution in [0.4, 0.5) is 0 Å². The van der Waals surface area contributed by atoms with Crippen LogP contribution in [0.2, 0.25) is 0 Å². The monoisotopic (exact) mass is 1130 g/mol. The van der Waals surface area contributed by atoms with E-state index in [2.05, 4.69) is 33.8 Å². The zero-order valence-electron chi connectivity index (χ0n) is 46.0. The molecule has 79 heavy (non-hydrogen) atoms. The molecule has 4 aliphatic heterocycles. The van der Waals surface area contributed by atoms with E-state index >= 15 is 4.79 Å². The Morgan fingerprint density at radius 2 is 1.37 bits per heavy atom. The summed E-state index contributed by atoms with van der Waals surface area (Å²) in [6.07, 6.45) is -26.4. The molecular formula is C54H84O25. The van der Waals surface area contributed by atoms with E-state index in [4.69, 9.17) is 42.6 Å². The normalized spacial score (nSPS) is 53.3. The summed E-state index contributed by atoms with van der Waals surface area (Å²) in [5.41, 5.74) is -7.33. The van der Waals surface area contributed by atoms with Gasteiger partial charge in [-0.05, 0) is 105 Å². The molecule has 4 saturated heterocycles. The summed E-state index contributed by atoms with van der Waals surface area (Å²) in [4.78, 5) is 41.4. The number of hydrogen-bond acceptors (Lipinski definition) is 24. The number of fused-ring (bicyclic) bond motifs is 7. The van der Waals surface area contributed by atoms with Gasteiger partial charge in [0, 0.05) is 6.92 Å². The summed E-state index contributed by atoms with van der Waals surface area (Å²) >= 11 is 0. The second-order valence-electron chi connectivity index (χ2n) is 26.1. The van der Waals surface area contributed by atoms with E-state index in [1.54, 1.807) is 0 Å². The molecule has 0 amide bonds. The topological polar surface area (TPSA) is 397 Å². The molecule has 28 unspecified atom stereocenters. The fourth-order valence-corrected chi connectivity index (χ4v) is 16.4. The molecule has 0 bridgehead atoms. The Balaban J connectivity index is 0.993. The number of aliphatic carboxylic acids is 1. The lowest BCUT2D eigenvalue weighted by atomic mass is 9.33. The predicted octanol–water partition coefficient (Wildman–Crippen LogP) is -2.15. The molecule has 25 nitrogen and oxygen atoms in total. The Hall–Kier alpha value is -2.61. The minimum absolute atomic E-state index is 0.0535. The number of carbonyl (C=O) groups excluding carboxylic acids is 2. The number of ether oxygens (including phenoxy) is 9. The molecule has 0 aromatic heterocycles. The Morgan fingerprint density at radius 1 is 0.696 bits per heavy atom. The lowest BCUT2D eigenvalue weighted by molar-refractivity contribution is -0.362. The van der Waals surface area contributed by atoms with Crippen molar-refractivity contribution in [2.75, 3.05) is 26.4 Å². The Labute approximate surface area is 457 Å². The summed E-state index contributed by atoms with van der Waals surface area (Å²) in [7, 11) is 0. The second kappa shape index (κ2) is 21.5. The molecule has 13 N–H and O–H groups in total. The summed E-state index contributed by atoms with van der Waals surface area (Å²) in [5, 5.41) is 144. The summed E-state index contributed by atoms with van der Waals surface area (Å²) in [5.74, 6) is -4.51. The van der Waals surface area contributed by atoms with Gasteiger partial charge in [0.05, 0.1) is 50.2 Å². The smallest absolute Gasteiger partial charge is 0.317 e. The van der Waals surface area contributed by atoms with Gasteiger partial charge in [-0.1, -0.05) is 46.3 Å². The summed E-state index contributed by atoms with van der Waals surface area (Å²) < 4.78 is 52.9. The third-order valence-electron chi connectivity index (χ3n) is 21.1. The van der Waals surface area contributed by atoms with Gasteiger partial charge in [0.1, 0.15) is 72.1 Å². The van der Waals surface area contributed by atoms with Gasteiger partial charge in [0.25, 0.3) is 0 Å². The van der Waals surface area contributed by atoms with Crippen LogP contribution in [0.5, 0.6) is 0 Å². The zero-order chi connectivity index (χ0) is 58.1. The predicted molar refractivity (Wildman–Crippen MR) is 264 cm³/mol. The zero-order valence-corrected chi connectivity index (χ0v) is 46.0. The number of carbonyl (C=O) groups is 3. The van der Waals surface area contributed by atoms with Crippen LogP contribution in [0.1, 0.15) is 107 Å². The van der Waals surface area contributed by atoms with Crippen molar-refractivity contribution in [3.05, 3.63) is 11.6 Å². The molecule has 28 atom stereocenters. The number of esters is 2. The van der Waals surface area contributed by atoms with Crippen LogP contribution in [-0.4, -0.2) is 233 Å². The highest BCUT2D eigenvalue weighted by Gasteiger charge is 2.74. The molecule has 0 spiro atoms. The maximum atomic E-state index is 15.4. The molecule has 0 aromatic carbocycles. The Bertz CT molecular complexity index is 2300. The van der Waals surface area contributed by atoms with Crippen molar-refractivity contribution >= 4 is 17.9 Å². The lowest BCUT2D eigenvalue weighted by Gasteiger charge is -2.71. The molecule has 5 aliphatic carbocycles. The largest absolute Gasteiger partial charge is 0.481 e. The molecule has 9 rings (SSSR count). The highest BCUT2D eigenvalue weighted by atomic mass is 16.8. The van der Waals surface area contributed by atoms with Crippen LogP contribution in [0, 0.1) is 50.2 Å². The Kier molecular flexibility index (Phi) is 16.6. The van der Waals surface area contributed by atoms with Crippen LogP contribution >= 0.6 is 0 Å². The molecule has 25 heteroatoms. The first-order valence-corrected chi connectivity index (χ1v) is 27.7. The molecule has 0 aromatic rings. The third-order valence-corrected chi connectivity index (χ3v) is 21.1. The number of carboxylic acids is 1. The number of carboxylic acid groups (broad SMARTS) is 1. The van der Waals surface area contributed by atoms with Crippen LogP contribution in [-0.2, 0) is 57.0 Å². The average Bonchev–Trinajstić information content (AvgIpc) is 2.68. The van der Waals surface area contributed by atoms with Gasteiger partial charge in [-0.2, -0.15) is 0 Å². The highest BCUT2D eigenvalue weighted by molar-refractivity contribution is 5.80. The van der Waals surface area contributed by atoms with E-state index < -0.39 is 206 Å². The number of aliphatic hydroxyl groups excluding tert-OH is 11. The molecule has 4 saturated carbocycles. The van der Waals surface area contributed by atoms with Crippen molar-refractivity contribution in [2.24, 2.45) is 50.2 Å². The fourth-order valence-electron chi connectivity index (χ4n) is 16.4. The quantitative estimate of drug-likeness (QED) is 0.0563. The molecular weight excluding hydrogens is 1050 g/mol.